The van der Waals surface area contributed by atoms with E-state index in [0.29, 0.717) is 12.8 Å². The third-order valence-electron chi connectivity index (χ3n) is 5.46. The van der Waals surface area contributed by atoms with Crippen LogP contribution in [0.25, 0.3) is 0 Å². The molecule has 2 aliphatic heterocycles. The van der Waals surface area contributed by atoms with E-state index in [1.165, 1.54) is 7.11 Å². The van der Waals surface area contributed by atoms with Gasteiger partial charge in [-0.1, -0.05) is 0 Å². The van der Waals surface area contributed by atoms with Crippen molar-refractivity contribution >= 4 is 11.9 Å². The van der Waals surface area contributed by atoms with Gasteiger partial charge in [-0.3, -0.25) is 4.79 Å². The van der Waals surface area contributed by atoms with Crippen molar-refractivity contribution in [2.24, 2.45) is 5.92 Å². The Hall–Kier alpha value is -2.18. The lowest BCUT2D eigenvalue weighted by atomic mass is 9.75. The smallest absolute Gasteiger partial charge is 0.410 e. The molecule has 2 atom stereocenters. The van der Waals surface area contributed by atoms with Crippen LogP contribution in [0.4, 0.5) is 13.6 Å². The number of halogens is 2. The summed E-state index contributed by atoms with van der Waals surface area (Å²) < 4.78 is 37.9. The van der Waals surface area contributed by atoms with Crippen molar-refractivity contribution < 1.29 is 27.8 Å². The second-order valence-electron chi connectivity index (χ2n) is 8.63. The van der Waals surface area contributed by atoms with Gasteiger partial charge in [-0.15, -0.1) is 0 Å². The number of hydrogen-bond donors (Lipinski definition) is 0. The fraction of sp³-hybridized carbons (Fsp3) is 0.619. The molecule has 2 heterocycles. The van der Waals surface area contributed by atoms with Gasteiger partial charge < -0.3 is 14.4 Å². The lowest BCUT2D eigenvalue weighted by molar-refractivity contribution is -0.0261. The number of rotatable bonds is 3. The number of piperidine rings is 2. The number of ketones is 1. The van der Waals surface area contributed by atoms with Crippen LogP contribution in [-0.4, -0.2) is 41.6 Å². The van der Waals surface area contributed by atoms with E-state index in [4.69, 9.17) is 9.47 Å². The number of methoxy groups -OCH3 is 1. The number of hydrogen-bond acceptors (Lipinski definition) is 4. The van der Waals surface area contributed by atoms with Crippen LogP contribution in [0.5, 0.6) is 5.75 Å². The van der Waals surface area contributed by atoms with Crippen LogP contribution in [0.15, 0.2) is 12.1 Å². The van der Waals surface area contributed by atoms with E-state index in [0.717, 1.165) is 31.4 Å². The fourth-order valence-corrected chi connectivity index (χ4v) is 4.32. The highest BCUT2D eigenvalue weighted by Crippen LogP contribution is 2.40. The Morgan fingerprint density at radius 3 is 2.18 bits per heavy atom. The third kappa shape index (κ3) is 4.13. The normalized spacial score (nSPS) is 24.6. The second kappa shape index (κ2) is 7.68. The number of amides is 1. The molecule has 0 aromatic heterocycles. The molecule has 7 heteroatoms. The highest BCUT2D eigenvalue weighted by atomic mass is 19.2. The summed E-state index contributed by atoms with van der Waals surface area (Å²) in [5.74, 6) is -2.73. The summed E-state index contributed by atoms with van der Waals surface area (Å²) in [7, 11) is 1.32. The Balaban J connectivity index is 1.81. The van der Waals surface area contributed by atoms with E-state index >= 15 is 0 Å². The van der Waals surface area contributed by atoms with Gasteiger partial charge in [0.2, 0.25) is 0 Å². The topological polar surface area (TPSA) is 55.8 Å². The van der Waals surface area contributed by atoms with Crippen LogP contribution in [-0.2, 0) is 4.74 Å². The SMILES string of the molecule is COc1cc(F)c(F)cc1C(=O)C1CC2CCCC(C1)N2C(=O)OC(C)(C)C. The molecule has 154 valence electrons. The van der Waals surface area contributed by atoms with E-state index < -0.39 is 17.2 Å². The molecule has 3 rings (SSSR count). The Morgan fingerprint density at radius 1 is 1.07 bits per heavy atom. The molecule has 1 amide bonds. The summed E-state index contributed by atoms with van der Waals surface area (Å²) in [6.07, 6.45) is 3.21. The van der Waals surface area contributed by atoms with Crippen LogP contribution in [0.1, 0.15) is 63.2 Å². The molecular formula is C21H27F2NO4. The van der Waals surface area contributed by atoms with Crippen molar-refractivity contribution in [2.45, 2.75) is 70.6 Å². The van der Waals surface area contributed by atoms with Gasteiger partial charge in [0.1, 0.15) is 11.4 Å². The molecule has 5 nitrogen and oxygen atoms in total. The molecule has 0 N–H and O–H groups in total. The Morgan fingerprint density at radius 2 is 1.64 bits per heavy atom. The van der Waals surface area contributed by atoms with Gasteiger partial charge in [0.15, 0.2) is 17.4 Å². The van der Waals surface area contributed by atoms with Crippen molar-refractivity contribution in [3.05, 3.63) is 29.3 Å². The molecule has 1 aromatic carbocycles. The van der Waals surface area contributed by atoms with Crippen molar-refractivity contribution in [1.29, 1.82) is 0 Å². The number of Topliss-reactive ketones (excluding diaryl/α,β-unsaturated/α-hetero) is 1. The molecule has 0 spiro atoms. The zero-order valence-corrected chi connectivity index (χ0v) is 16.8. The van der Waals surface area contributed by atoms with Gasteiger partial charge in [-0.25, -0.2) is 13.6 Å². The Kier molecular flexibility index (Phi) is 5.64. The first-order valence-electron chi connectivity index (χ1n) is 9.69. The van der Waals surface area contributed by atoms with Crippen molar-refractivity contribution in [3.63, 3.8) is 0 Å². The van der Waals surface area contributed by atoms with Gasteiger partial charge in [0, 0.05) is 24.1 Å². The molecule has 28 heavy (non-hydrogen) atoms. The quantitative estimate of drug-likeness (QED) is 0.695. The van der Waals surface area contributed by atoms with Gasteiger partial charge in [-0.2, -0.15) is 0 Å². The number of benzene rings is 1. The van der Waals surface area contributed by atoms with E-state index in [1.54, 1.807) is 4.90 Å². The van der Waals surface area contributed by atoms with Gasteiger partial charge in [0.05, 0.1) is 12.7 Å². The molecule has 2 aliphatic rings. The molecule has 2 unspecified atom stereocenters. The molecule has 0 aliphatic carbocycles. The number of ether oxygens (including phenoxy) is 2. The molecule has 2 bridgehead atoms. The number of carbonyl (C=O) groups excluding carboxylic acids is 2. The predicted octanol–water partition coefficient (Wildman–Crippen LogP) is 4.72. The van der Waals surface area contributed by atoms with Gasteiger partial charge in [-0.05, 0) is 58.9 Å². The minimum atomic E-state index is -1.07. The van der Waals surface area contributed by atoms with Crippen LogP contribution in [0.3, 0.4) is 0 Å². The highest BCUT2D eigenvalue weighted by molar-refractivity contribution is 6.00. The van der Waals surface area contributed by atoms with E-state index in [-0.39, 0.29) is 41.2 Å². The fourth-order valence-electron chi connectivity index (χ4n) is 4.32. The standard InChI is InChI=1S/C21H27F2NO4/c1-21(2,3)28-20(26)24-13-6-5-7-14(24)9-12(8-13)19(25)15-10-16(22)17(23)11-18(15)27-4/h10-14H,5-9H2,1-4H3. The molecular weight excluding hydrogens is 368 g/mol. The van der Waals surface area contributed by atoms with Crippen LogP contribution >= 0.6 is 0 Å². The summed E-state index contributed by atoms with van der Waals surface area (Å²) in [4.78, 5) is 27.5. The lowest BCUT2D eigenvalue weighted by Gasteiger charge is -2.48. The third-order valence-corrected chi connectivity index (χ3v) is 5.46. The summed E-state index contributed by atoms with van der Waals surface area (Å²) in [5.41, 5.74) is -0.535. The van der Waals surface area contributed by atoms with E-state index in [1.807, 2.05) is 20.8 Å². The predicted molar refractivity (Wildman–Crippen MR) is 99.5 cm³/mol. The van der Waals surface area contributed by atoms with Gasteiger partial charge >= 0.3 is 6.09 Å². The van der Waals surface area contributed by atoms with E-state index in [2.05, 4.69) is 0 Å². The summed E-state index contributed by atoms with van der Waals surface area (Å²) in [6.45, 7) is 5.48. The molecule has 1 aromatic rings. The number of carbonyl (C=O) groups is 2. The minimum Gasteiger partial charge on any atom is -0.496 e. The zero-order valence-electron chi connectivity index (χ0n) is 16.8. The minimum absolute atomic E-state index is 0.0311. The molecule has 0 radical (unpaired) electrons. The average Bonchev–Trinajstić information content (AvgIpc) is 2.60. The van der Waals surface area contributed by atoms with Crippen molar-refractivity contribution in [3.8, 4) is 5.75 Å². The maximum Gasteiger partial charge on any atom is 0.410 e. The number of nitrogens with zero attached hydrogens (tertiary/aromatic N) is 1. The monoisotopic (exact) mass is 395 g/mol. The second-order valence-corrected chi connectivity index (χ2v) is 8.63. The number of fused-ring (bicyclic) bond motifs is 2. The Bertz CT molecular complexity index is 760. The molecule has 2 saturated heterocycles. The zero-order chi connectivity index (χ0) is 20.6. The van der Waals surface area contributed by atoms with Crippen LogP contribution in [0, 0.1) is 17.6 Å². The van der Waals surface area contributed by atoms with Crippen molar-refractivity contribution in [1.82, 2.24) is 4.90 Å². The summed E-state index contributed by atoms with van der Waals surface area (Å²) >= 11 is 0. The average molecular weight is 395 g/mol. The highest BCUT2D eigenvalue weighted by Gasteiger charge is 2.44. The lowest BCUT2D eigenvalue weighted by Crippen LogP contribution is -2.56. The maximum absolute atomic E-state index is 13.7. The first-order chi connectivity index (χ1) is 13.1. The van der Waals surface area contributed by atoms with E-state index in [9.17, 15) is 18.4 Å². The molecule has 0 saturated carbocycles. The van der Waals surface area contributed by atoms with Gasteiger partial charge in [0.25, 0.3) is 0 Å². The van der Waals surface area contributed by atoms with Crippen LogP contribution < -0.4 is 4.74 Å². The largest absolute Gasteiger partial charge is 0.496 e. The van der Waals surface area contributed by atoms with Crippen molar-refractivity contribution in [2.75, 3.05) is 7.11 Å². The molecule has 2 fully saturated rings. The first-order valence-corrected chi connectivity index (χ1v) is 9.69. The maximum atomic E-state index is 13.7. The van der Waals surface area contributed by atoms with Crippen LogP contribution in [0.2, 0.25) is 0 Å². The first kappa shape index (κ1) is 20.6. The Labute approximate surface area is 164 Å². The summed E-state index contributed by atoms with van der Waals surface area (Å²) in [6, 6.07) is 1.63. The summed E-state index contributed by atoms with van der Waals surface area (Å²) in [5, 5.41) is 0.